The van der Waals surface area contributed by atoms with Gasteiger partial charge in [0.05, 0.1) is 0 Å². The smallest absolute Gasteiger partial charge is 0.00147 e. The predicted octanol–water partition coefficient (Wildman–Crippen LogP) is 4.10. The van der Waals surface area contributed by atoms with Crippen molar-refractivity contribution in [2.24, 2.45) is 11.8 Å². The van der Waals surface area contributed by atoms with Gasteiger partial charge >= 0.3 is 0 Å². The monoisotopic (exact) mass is 251 g/mol. The van der Waals surface area contributed by atoms with Crippen LogP contribution >= 0.6 is 11.3 Å². The van der Waals surface area contributed by atoms with Crippen LogP contribution in [0.25, 0.3) is 0 Å². The Balaban J connectivity index is 1.86. The van der Waals surface area contributed by atoms with Gasteiger partial charge in [0, 0.05) is 0 Å². The zero-order valence-corrected chi connectivity index (χ0v) is 11.8. The molecule has 2 heteroatoms. The molecule has 1 aromatic heterocycles. The maximum atomic E-state index is 3.63. The standard InChI is InChI=1S/C15H25NS/c1-2-8-16-11-15(14-5-3-4-6-14)10-13-7-9-17-12-13/h7,9,12,14-16H,2-6,8,10-11H2,1H3. The van der Waals surface area contributed by atoms with Crippen LogP contribution < -0.4 is 5.32 Å². The average Bonchev–Trinajstić information content (AvgIpc) is 3.01. The average molecular weight is 251 g/mol. The Labute approximate surface area is 110 Å². The van der Waals surface area contributed by atoms with E-state index in [0.29, 0.717) is 0 Å². The van der Waals surface area contributed by atoms with Crippen molar-refractivity contribution in [3.63, 3.8) is 0 Å². The summed E-state index contributed by atoms with van der Waals surface area (Å²) in [6, 6.07) is 2.30. The summed E-state index contributed by atoms with van der Waals surface area (Å²) in [5.41, 5.74) is 1.55. The normalized spacial score (nSPS) is 18.6. The molecule has 1 aliphatic rings. The highest BCUT2D eigenvalue weighted by atomic mass is 32.1. The fourth-order valence-electron chi connectivity index (χ4n) is 3.01. The van der Waals surface area contributed by atoms with E-state index >= 15 is 0 Å². The van der Waals surface area contributed by atoms with Gasteiger partial charge in [0.25, 0.3) is 0 Å². The summed E-state index contributed by atoms with van der Waals surface area (Å²) in [6.45, 7) is 4.64. The third kappa shape index (κ3) is 4.11. The second kappa shape index (κ2) is 7.17. The van der Waals surface area contributed by atoms with Gasteiger partial charge in [-0.15, -0.1) is 0 Å². The number of hydrogen-bond donors (Lipinski definition) is 1. The zero-order chi connectivity index (χ0) is 11.9. The lowest BCUT2D eigenvalue weighted by molar-refractivity contribution is 0.321. The lowest BCUT2D eigenvalue weighted by Crippen LogP contribution is -2.29. The first-order valence-corrected chi connectivity index (χ1v) is 8.06. The highest BCUT2D eigenvalue weighted by Gasteiger charge is 2.24. The molecule has 0 spiro atoms. The van der Waals surface area contributed by atoms with Crippen LogP contribution in [0.2, 0.25) is 0 Å². The number of thiophene rings is 1. The highest BCUT2D eigenvalue weighted by Crippen LogP contribution is 2.33. The Morgan fingerprint density at radius 3 is 2.88 bits per heavy atom. The van der Waals surface area contributed by atoms with Crippen LogP contribution in [0.15, 0.2) is 16.8 Å². The number of hydrogen-bond acceptors (Lipinski definition) is 2. The zero-order valence-electron chi connectivity index (χ0n) is 11.0. The summed E-state index contributed by atoms with van der Waals surface area (Å²) >= 11 is 1.83. The molecule has 96 valence electrons. The minimum Gasteiger partial charge on any atom is -0.316 e. The molecule has 0 aliphatic heterocycles. The lowest BCUT2D eigenvalue weighted by Gasteiger charge is -2.23. The van der Waals surface area contributed by atoms with Crippen LogP contribution in [0.4, 0.5) is 0 Å². The lowest BCUT2D eigenvalue weighted by atomic mass is 9.86. The largest absolute Gasteiger partial charge is 0.316 e. The van der Waals surface area contributed by atoms with Gasteiger partial charge in [0.15, 0.2) is 0 Å². The van der Waals surface area contributed by atoms with E-state index in [9.17, 15) is 0 Å². The van der Waals surface area contributed by atoms with Gasteiger partial charge in [-0.3, -0.25) is 0 Å². The first-order valence-electron chi connectivity index (χ1n) is 7.12. The van der Waals surface area contributed by atoms with E-state index in [1.807, 2.05) is 11.3 Å². The van der Waals surface area contributed by atoms with E-state index in [4.69, 9.17) is 0 Å². The van der Waals surface area contributed by atoms with Crippen LogP contribution in [0.3, 0.4) is 0 Å². The minimum absolute atomic E-state index is 0.860. The van der Waals surface area contributed by atoms with Crippen LogP contribution in [0.1, 0.15) is 44.6 Å². The van der Waals surface area contributed by atoms with Crippen molar-refractivity contribution in [2.45, 2.75) is 45.4 Å². The molecule has 2 rings (SSSR count). The van der Waals surface area contributed by atoms with Gasteiger partial charge in [0.1, 0.15) is 0 Å². The Bertz CT molecular complexity index is 288. The van der Waals surface area contributed by atoms with Crippen LogP contribution in [0, 0.1) is 11.8 Å². The molecular formula is C15H25NS. The van der Waals surface area contributed by atoms with E-state index in [2.05, 4.69) is 29.1 Å². The molecule has 1 aliphatic carbocycles. The van der Waals surface area contributed by atoms with Gasteiger partial charge in [-0.1, -0.05) is 32.6 Å². The van der Waals surface area contributed by atoms with Crippen molar-refractivity contribution in [1.82, 2.24) is 5.32 Å². The molecule has 1 aromatic rings. The maximum Gasteiger partial charge on any atom is -0.00147 e. The molecule has 0 amide bonds. The van der Waals surface area contributed by atoms with Gasteiger partial charge < -0.3 is 5.32 Å². The predicted molar refractivity (Wildman–Crippen MR) is 76.6 cm³/mol. The van der Waals surface area contributed by atoms with Crippen molar-refractivity contribution in [2.75, 3.05) is 13.1 Å². The van der Waals surface area contributed by atoms with E-state index in [1.54, 1.807) is 5.56 Å². The third-order valence-corrected chi connectivity index (χ3v) is 4.71. The Morgan fingerprint density at radius 1 is 1.41 bits per heavy atom. The van der Waals surface area contributed by atoms with Gasteiger partial charge in [-0.05, 0) is 60.2 Å². The van der Waals surface area contributed by atoms with Crippen molar-refractivity contribution in [3.05, 3.63) is 22.4 Å². The van der Waals surface area contributed by atoms with Gasteiger partial charge in [0.2, 0.25) is 0 Å². The summed E-state index contributed by atoms with van der Waals surface area (Å²) in [4.78, 5) is 0. The van der Waals surface area contributed by atoms with E-state index < -0.39 is 0 Å². The third-order valence-electron chi connectivity index (χ3n) is 3.98. The first-order chi connectivity index (χ1) is 8.40. The van der Waals surface area contributed by atoms with Crippen LogP contribution in [-0.4, -0.2) is 13.1 Å². The molecule has 0 saturated heterocycles. The molecule has 1 heterocycles. The van der Waals surface area contributed by atoms with E-state index in [0.717, 1.165) is 11.8 Å². The molecule has 1 saturated carbocycles. The molecule has 0 radical (unpaired) electrons. The SMILES string of the molecule is CCCNCC(Cc1ccsc1)C1CCCC1. The topological polar surface area (TPSA) is 12.0 Å². The van der Waals surface area contributed by atoms with Crippen molar-refractivity contribution >= 4 is 11.3 Å². The number of nitrogens with one attached hydrogen (secondary N) is 1. The quantitative estimate of drug-likeness (QED) is 0.720. The summed E-state index contributed by atoms with van der Waals surface area (Å²) in [7, 11) is 0. The molecule has 0 aromatic carbocycles. The fraction of sp³-hybridized carbons (Fsp3) is 0.733. The Morgan fingerprint density at radius 2 is 2.24 bits per heavy atom. The molecule has 1 fully saturated rings. The van der Waals surface area contributed by atoms with Crippen LogP contribution in [0.5, 0.6) is 0 Å². The van der Waals surface area contributed by atoms with Crippen molar-refractivity contribution < 1.29 is 0 Å². The van der Waals surface area contributed by atoms with Gasteiger partial charge in [-0.25, -0.2) is 0 Å². The molecule has 1 nitrogen and oxygen atoms in total. The molecule has 17 heavy (non-hydrogen) atoms. The second-order valence-electron chi connectivity index (χ2n) is 5.34. The summed E-state index contributed by atoms with van der Waals surface area (Å²) < 4.78 is 0. The molecule has 1 unspecified atom stereocenters. The summed E-state index contributed by atoms with van der Waals surface area (Å²) in [6.07, 6.45) is 8.36. The molecule has 1 atom stereocenters. The van der Waals surface area contributed by atoms with Crippen molar-refractivity contribution in [3.8, 4) is 0 Å². The fourth-order valence-corrected chi connectivity index (χ4v) is 3.69. The van der Waals surface area contributed by atoms with E-state index in [1.165, 1.54) is 51.6 Å². The Hall–Kier alpha value is -0.340. The first kappa shape index (κ1) is 13.1. The Kier molecular flexibility index (Phi) is 5.53. The molecule has 0 bridgehead atoms. The summed E-state index contributed by atoms with van der Waals surface area (Å²) in [5, 5.41) is 8.16. The number of rotatable bonds is 7. The summed E-state index contributed by atoms with van der Waals surface area (Å²) in [5.74, 6) is 1.83. The van der Waals surface area contributed by atoms with Crippen LogP contribution in [-0.2, 0) is 6.42 Å². The maximum absolute atomic E-state index is 3.63. The second-order valence-corrected chi connectivity index (χ2v) is 6.12. The van der Waals surface area contributed by atoms with E-state index in [-0.39, 0.29) is 0 Å². The highest BCUT2D eigenvalue weighted by molar-refractivity contribution is 7.07. The van der Waals surface area contributed by atoms with Gasteiger partial charge in [-0.2, -0.15) is 11.3 Å². The molecule has 1 N–H and O–H groups in total. The minimum atomic E-state index is 0.860. The molecular weight excluding hydrogens is 226 g/mol. The van der Waals surface area contributed by atoms with Crippen molar-refractivity contribution in [1.29, 1.82) is 0 Å².